The fourth-order valence-corrected chi connectivity index (χ4v) is 3.43. The topological polar surface area (TPSA) is 45.5 Å². The van der Waals surface area contributed by atoms with E-state index in [0.29, 0.717) is 6.04 Å². The first-order valence-electron chi connectivity index (χ1n) is 9.79. The van der Waals surface area contributed by atoms with Crippen LogP contribution in [0.5, 0.6) is 0 Å². The Morgan fingerprint density at radius 3 is 2.54 bits per heavy atom. The molecule has 0 unspecified atom stereocenters. The molecule has 0 radical (unpaired) electrons. The Morgan fingerprint density at radius 2 is 1.75 bits per heavy atom. The molecule has 0 bridgehead atoms. The minimum Gasteiger partial charge on any atom is -0.365 e. The number of rotatable bonds is 6. The smallest absolute Gasteiger partial charge is 0.158 e. The van der Waals surface area contributed by atoms with Gasteiger partial charge in [-0.15, -0.1) is 0 Å². The van der Waals surface area contributed by atoms with E-state index in [9.17, 15) is 0 Å². The fraction of sp³-hybridized carbons (Fsp3) is 0.304. The van der Waals surface area contributed by atoms with Crippen LogP contribution in [-0.2, 0) is 13.1 Å². The maximum absolute atomic E-state index is 4.84. The highest BCUT2D eigenvalue weighted by Gasteiger charge is 2.12. The first kappa shape index (κ1) is 18.4. The van der Waals surface area contributed by atoms with Crippen LogP contribution in [0.1, 0.15) is 30.7 Å². The molecule has 0 spiro atoms. The van der Waals surface area contributed by atoms with Gasteiger partial charge in [0.2, 0.25) is 0 Å². The Balaban J connectivity index is 1.66. The van der Waals surface area contributed by atoms with Crippen molar-refractivity contribution in [3.63, 3.8) is 0 Å². The molecule has 2 heterocycles. The minimum atomic E-state index is 0.513. The van der Waals surface area contributed by atoms with Crippen LogP contribution < -0.4 is 5.32 Å². The predicted octanol–water partition coefficient (Wildman–Crippen LogP) is 4.64. The molecular formula is C23H27N5. The second-order valence-electron chi connectivity index (χ2n) is 7.66. The highest BCUT2D eigenvalue weighted by molar-refractivity contribution is 5.91. The number of nitrogens with one attached hydrogen (secondary N) is 1. The Bertz CT molecular complexity index is 1110. The Kier molecular flexibility index (Phi) is 5.01. The molecule has 0 saturated heterocycles. The van der Waals surface area contributed by atoms with Crippen molar-refractivity contribution in [2.24, 2.45) is 0 Å². The van der Waals surface area contributed by atoms with Gasteiger partial charge in [0, 0.05) is 30.6 Å². The molecule has 0 aliphatic carbocycles. The fourth-order valence-electron chi connectivity index (χ4n) is 3.43. The zero-order valence-electron chi connectivity index (χ0n) is 17.0. The molecule has 4 aromatic rings. The molecule has 5 heteroatoms. The standard InChI is InChI=1S/C23H27N5/c1-16(2)27(4)15-19-10-6-5-9-18(19)14-24-23-20-11-7-8-12-21(20)28-22(25-23)13-17(3)26-28/h5-13,16H,14-15H2,1-4H3,(H,24,25). The van der Waals surface area contributed by atoms with E-state index in [2.05, 4.69) is 72.6 Å². The molecule has 1 N–H and O–H groups in total. The lowest BCUT2D eigenvalue weighted by Crippen LogP contribution is -2.26. The van der Waals surface area contributed by atoms with Gasteiger partial charge < -0.3 is 5.32 Å². The second-order valence-corrected chi connectivity index (χ2v) is 7.66. The van der Waals surface area contributed by atoms with Gasteiger partial charge in [0.05, 0.1) is 11.2 Å². The molecule has 144 valence electrons. The van der Waals surface area contributed by atoms with Gasteiger partial charge in [-0.25, -0.2) is 9.50 Å². The third-order valence-corrected chi connectivity index (χ3v) is 5.29. The summed E-state index contributed by atoms with van der Waals surface area (Å²) in [5.74, 6) is 0.898. The molecule has 4 rings (SSSR count). The van der Waals surface area contributed by atoms with E-state index in [4.69, 9.17) is 4.98 Å². The van der Waals surface area contributed by atoms with Crippen molar-refractivity contribution in [3.05, 3.63) is 71.4 Å². The molecule has 5 nitrogen and oxygen atoms in total. The molecule has 2 aromatic heterocycles. The van der Waals surface area contributed by atoms with Gasteiger partial charge in [-0.1, -0.05) is 36.4 Å². The van der Waals surface area contributed by atoms with E-state index in [0.717, 1.165) is 41.2 Å². The zero-order valence-corrected chi connectivity index (χ0v) is 17.0. The number of aromatic nitrogens is 3. The maximum Gasteiger partial charge on any atom is 0.158 e. The van der Waals surface area contributed by atoms with E-state index in [-0.39, 0.29) is 0 Å². The third-order valence-electron chi connectivity index (χ3n) is 5.29. The van der Waals surface area contributed by atoms with Crippen LogP contribution in [0.15, 0.2) is 54.6 Å². The Labute approximate surface area is 166 Å². The minimum absolute atomic E-state index is 0.513. The van der Waals surface area contributed by atoms with Gasteiger partial charge in [-0.05, 0) is 51.1 Å². The molecule has 2 aromatic carbocycles. The van der Waals surface area contributed by atoms with Crippen LogP contribution in [0, 0.1) is 6.92 Å². The van der Waals surface area contributed by atoms with E-state index in [1.54, 1.807) is 0 Å². The molecule has 0 amide bonds. The summed E-state index contributed by atoms with van der Waals surface area (Å²) in [4.78, 5) is 7.19. The Hall–Kier alpha value is -2.92. The number of hydrogen-bond donors (Lipinski definition) is 1. The maximum atomic E-state index is 4.84. The molecule has 0 atom stereocenters. The molecule has 0 aliphatic heterocycles. The second kappa shape index (κ2) is 7.60. The van der Waals surface area contributed by atoms with Crippen molar-refractivity contribution < 1.29 is 0 Å². The molecule has 0 fully saturated rings. The van der Waals surface area contributed by atoms with Crippen LogP contribution in [0.4, 0.5) is 5.82 Å². The average molecular weight is 374 g/mol. The monoisotopic (exact) mass is 373 g/mol. The molecular weight excluding hydrogens is 346 g/mol. The zero-order chi connectivity index (χ0) is 19.7. The number of fused-ring (bicyclic) bond motifs is 3. The lowest BCUT2D eigenvalue weighted by Gasteiger charge is -2.22. The van der Waals surface area contributed by atoms with Gasteiger partial charge in [-0.3, -0.25) is 4.90 Å². The van der Waals surface area contributed by atoms with Crippen molar-refractivity contribution in [2.75, 3.05) is 12.4 Å². The first-order chi connectivity index (χ1) is 13.5. The first-order valence-corrected chi connectivity index (χ1v) is 9.79. The number of aryl methyl sites for hydroxylation is 1. The Morgan fingerprint density at radius 1 is 1.04 bits per heavy atom. The highest BCUT2D eigenvalue weighted by Crippen LogP contribution is 2.24. The summed E-state index contributed by atoms with van der Waals surface area (Å²) in [7, 11) is 2.17. The summed E-state index contributed by atoms with van der Waals surface area (Å²) >= 11 is 0. The van der Waals surface area contributed by atoms with Crippen molar-refractivity contribution in [1.82, 2.24) is 19.5 Å². The van der Waals surface area contributed by atoms with Crippen LogP contribution in [0.25, 0.3) is 16.6 Å². The number of benzene rings is 2. The van der Waals surface area contributed by atoms with Gasteiger partial charge in [0.15, 0.2) is 5.65 Å². The normalized spacial score (nSPS) is 11.8. The van der Waals surface area contributed by atoms with E-state index >= 15 is 0 Å². The summed E-state index contributed by atoms with van der Waals surface area (Å²) < 4.78 is 1.92. The van der Waals surface area contributed by atoms with Crippen LogP contribution in [0.2, 0.25) is 0 Å². The number of nitrogens with zero attached hydrogens (tertiary/aromatic N) is 4. The quantitative estimate of drug-likeness (QED) is 0.535. The van der Waals surface area contributed by atoms with Crippen molar-refractivity contribution in [2.45, 2.75) is 39.9 Å². The van der Waals surface area contributed by atoms with Crippen LogP contribution in [0.3, 0.4) is 0 Å². The molecule has 28 heavy (non-hydrogen) atoms. The molecule has 0 saturated carbocycles. The lowest BCUT2D eigenvalue weighted by molar-refractivity contribution is 0.265. The SMILES string of the molecule is Cc1cc2nc(NCc3ccccc3CN(C)C(C)C)c3ccccc3n2n1. The van der Waals surface area contributed by atoms with E-state index in [1.807, 2.05) is 29.6 Å². The predicted molar refractivity (Wildman–Crippen MR) is 116 cm³/mol. The highest BCUT2D eigenvalue weighted by atomic mass is 15.3. The van der Waals surface area contributed by atoms with Gasteiger partial charge in [0.25, 0.3) is 0 Å². The lowest BCUT2D eigenvalue weighted by atomic mass is 10.1. The summed E-state index contributed by atoms with van der Waals surface area (Å²) in [5.41, 5.74) is 5.54. The summed E-state index contributed by atoms with van der Waals surface area (Å²) in [6.07, 6.45) is 0. The van der Waals surface area contributed by atoms with Gasteiger partial charge in [0.1, 0.15) is 5.82 Å². The van der Waals surface area contributed by atoms with Crippen molar-refractivity contribution >= 4 is 22.4 Å². The van der Waals surface area contributed by atoms with Gasteiger partial charge in [-0.2, -0.15) is 5.10 Å². The van der Waals surface area contributed by atoms with Crippen molar-refractivity contribution in [1.29, 1.82) is 0 Å². The van der Waals surface area contributed by atoms with E-state index < -0.39 is 0 Å². The summed E-state index contributed by atoms with van der Waals surface area (Å²) in [5, 5.41) is 9.24. The van der Waals surface area contributed by atoms with Crippen LogP contribution >= 0.6 is 0 Å². The van der Waals surface area contributed by atoms with Gasteiger partial charge >= 0.3 is 0 Å². The average Bonchev–Trinajstić information content (AvgIpc) is 3.07. The largest absolute Gasteiger partial charge is 0.365 e. The third kappa shape index (κ3) is 3.58. The summed E-state index contributed by atoms with van der Waals surface area (Å²) in [6.45, 7) is 8.12. The summed E-state index contributed by atoms with van der Waals surface area (Å²) in [6, 6.07) is 19.4. The number of para-hydroxylation sites is 1. The number of anilines is 1. The van der Waals surface area contributed by atoms with Crippen molar-refractivity contribution in [3.8, 4) is 0 Å². The van der Waals surface area contributed by atoms with Crippen LogP contribution in [-0.4, -0.2) is 32.6 Å². The molecule has 0 aliphatic rings. The number of hydrogen-bond acceptors (Lipinski definition) is 4. The van der Waals surface area contributed by atoms with E-state index in [1.165, 1.54) is 11.1 Å².